The monoisotopic (exact) mass is 420 g/mol. The fourth-order valence-electron chi connectivity index (χ4n) is 2.51. The Hall–Kier alpha value is -2.81. The van der Waals surface area contributed by atoms with Crippen LogP contribution in [0.5, 0.6) is 0 Å². The van der Waals surface area contributed by atoms with Crippen molar-refractivity contribution in [2.75, 3.05) is 18.8 Å². The summed E-state index contributed by atoms with van der Waals surface area (Å²) in [4.78, 5) is 7.82. The molecule has 1 heterocycles. The van der Waals surface area contributed by atoms with E-state index in [-0.39, 0.29) is 0 Å². The van der Waals surface area contributed by atoms with Gasteiger partial charge in [-0.1, -0.05) is 58.0 Å². The minimum atomic E-state index is 0.675. The van der Waals surface area contributed by atoms with E-state index in [1.807, 2.05) is 84.3 Å². The molecule has 0 radical (unpaired) electrons. The highest BCUT2D eigenvalue weighted by Crippen LogP contribution is 2.25. The zero-order valence-corrected chi connectivity index (χ0v) is 19.6. The van der Waals surface area contributed by atoms with Gasteiger partial charge in [0.1, 0.15) is 5.82 Å². The second kappa shape index (κ2) is 14.2. The van der Waals surface area contributed by atoms with Gasteiger partial charge in [-0.25, -0.2) is 4.98 Å². The van der Waals surface area contributed by atoms with Crippen LogP contribution < -0.4 is 4.72 Å². The average Bonchev–Trinajstić information content (AvgIpc) is 2.81. The van der Waals surface area contributed by atoms with E-state index in [4.69, 9.17) is 5.26 Å². The lowest BCUT2D eigenvalue weighted by molar-refractivity contribution is 0.397. The van der Waals surface area contributed by atoms with E-state index in [0.29, 0.717) is 5.56 Å². The Bertz CT molecular complexity index is 898. The molecule has 0 spiro atoms. The maximum atomic E-state index is 8.88. The third-order valence-corrected chi connectivity index (χ3v) is 4.58. The highest BCUT2D eigenvalue weighted by Gasteiger charge is 2.02. The SMILES string of the molecule is CC.CC.CN(C)Cc1cccc(NSc2ccc(-c3ccc(C#N)cc3)cc2)n1. The molecular formula is C25H32N4S. The number of nitrogens with one attached hydrogen (secondary N) is 1. The lowest BCUT2D eigenvalue weighted by Crippen LogP contribution is -2.12. The Kier molecular flexibility index (Phi) is 12.0. The van der Waals surface area contributed by atoms with Crippen LogP contribution in [0.1, 0.15) is 39.0 Å². The standard InChI is InChI=1S/C21H20N4S.2C2H6/c1-25(2)15-19-4-3-5-21(23-19)24-26-20-12-10-18(11-13-20)17-8-6-16(14-22)7-9-17;2*1-2/h3-13H,15H2,1-2H3,(H,23,24);2*1-2H3. The second-order valence-electron chi connectivity index (χ2n) is 6.17. The van der Waals surface area contributed by atoms with Crippen LogP contribution in [0.2, 0.25) is 0 Å². The Morgan fingerprint density at radius 1 is 0.867 bits per heavy atom. The summed E-state index contributed by atoms with van der Waals surface area (Å²) in [5.41, 5.74) is 3.95. The van der Waals surface area contributed by atoms with Crippen LogP contribution in [0, 0.1) is 11.3 Å². The van der Waals surface area contributed by atoms with Gasteiger partial charge in [0.2, 0.25) is 0 Å². The summed E-state index contributed by atoms with van der Waals surface area (Å²) in [6.45, 7) is 8.82. The smallest absolute Gasteiger partial charge is 0.136 e. The molecule has 3 rings (SSSR count). The number of nitriles is 1. The molecule has 0 amide bonds. The quantitative estimate of drug-likeness (QED) is 0.442. The van der Waals surface area contributed by atoms with E-state index >= 15 is 0 Å². The Labute approximate surface area is 186 Å². The molecule has 30 heavy (non-hydrogen) atoms. The van der Waals surface area contributed by atoms with Crippen LogP contribution in [-0.2, 0) is 6.54 Å². The molecule has 0 saturated heterocycles. The number of pyridine rings is 1. The lowest BCUT2D eigenvalue weighted by atomic mass is 10.0. The molecule has 0 aliphatic rings. The molecule has 0 bridgehead atoms. The Morgan fingerprint density at radius 2 is 1.43 bits per heavy atom. The fourth-order valence-corrected chi connectivity index (χ4v) is 3.12. The predicted molar refractivity (Wildman–Crippen MR) is 130 cm³/mol. The highest BCUT2D eigenvalue weighted by molar-refractivity contribution is 8.00. The number of rotatable bonds is 6. The van der Waals surface area contributed by atoms with Gasteiger partial charge < -0.3 is 9.62 Å². The average molecular weight is 421 g/mol. The van der Waals surface area contributed by atoms with Gasteiger partial charge in [0.25, 0.3) is 0 Å². The number of nitrogens with zero attached hydrogens (tertiary/aromatic N) is 3. The number of benzene rings is 2. The zero-order chi connectivity index (χ0) is 22.4. The van der Waals surface area contributed by atoms with Gasteiger partial charge in [0.05, 0.1) is 17.3 Å². The lowest BCUT2D eigenvalue weighted by Gasteiger charge is -2.11. The summed E-state index contributed by atoms with van der Waals surface area (Å²) in [5, 5.41) is 8.88. The third kappa shape index (κ3) is 8.28. The first-order chi connectivity index (χ1) is 14.6. The van der Waals surface area contributed by atoms with Crippen molar-refractivity contribution in [2.24, 2.45) is 0 Å². The zero-order valence-electron chi connectivity index (χ0n) is 18.8. The van der Waals surface area contributed by atoms with Crippen LogP contribution in [0.15, 0.2) is 71.6 Å². The molecule has 158 valence electrons. The van der Waals surface area contributed by atoms with Crippen molar-refractivity contribution in [1.82, 2.24) is 9.88 Å². The van der Waals surface area contributed by atoms with E-state index in [2.05, 4.69) is 44.9 Å². The molecule has 4 nitrogen and oxygen atoms in total. The number of aromatic nitrogens is 1. The molecule has 2 aromatic carbocycles. The normalized spacial score (nSPS) is 9.53. The topological polar surface area (TPSA) is 52.0 Å². The fraction of sp³-hybridized carbons (Fsp3) is 0.280. The Morgan fingerprint density at radius 3 is 1.97 bits per heavy atom. The van der Waals surface area contributed by atoms with Crippen molar-refractivity contribution in [3.63, 3.8) is 0 Å². The van der Waals surface area contributed by atoms with E-state index in [0.717, 1.165) is 34.1 Å². The summed E-state index contributed by atoms with van der Waals surface area (Å²) >= 11 is 1.54. The van der Waals surface area contributed by atoms with Gasteiger partial charge in [-0.3, -0.25) is 0 Å². The summed E-state index contributed by atoms with van der Waals surface area (Å²) in [5.74, 6) is 0.852. The van der Waals surface area contributed by atoms with Crippen molar-refractivity contribution >= 4 is 17.8 Å². The Balaban J connectivity index is 0.00000106. The first-order valence-corrected chi connectivity index (χ1v) is 11.1. The third-order valence-electron chi connectivity index (χ3n) is 3.76. The largest absolute Gasteiger partial charge is 0.310 e. The molecule has 0 saturated carbocycles. The summed E-state index contributed by atoms with van der Waals surface area (Å²) < 4.78 is 3.30. The maximum Gasteiger partial charge on any atom is 0.136 e. The first kappa shape index (κ1) is 25.2. The van der Waals surface area contributed by atoms with Crippen molar-refractivity contribution < 1.29 is 0 Å². The molecule has 0 atom stereocenters. The van der Waals surface area contributed by atoms with Gasteiger partial charge in [-0.15, -0.1) is 0 Å². The van der Waals surface area contributed by atoms with Gasteiger partial charge in [0.15, 0.2) is 0 Å². The van der Waals surface area contributed by atoms with Crippen molar-refractivity contribution in [3.05, 3.63) is 78.0 Å². The van der Waals surface area contributed by atoms with E-state index in [1.165, 1.54) is 0 Å². The van der Waals surface area contributed by atoms with E-state index in [9.17, 15) is 0 Å². The number of hydrogen-bond donors (Lipinski definition) is 1. The summed E-state index contributed by atoms with van der Waals surface area (Å²) in [6.07, 6.45) is 0. The van der Waals surface area contributed by atoms with Crippen molar-refractivity contribution in [3.8, 4) is 17.2 Å². The minimum Gasteiger partial charge on any atom is -0.310 e. The van der Waals surface area contributed by atoms with E-state index in [1.54, 1.807) is 11.9 Å². The van der Waals surface area contributed by atoms with Crippen LogP contribution in [0.4, 0.5) is 5.82 Å². The molecule has 0 unspecified atom stereocenters. The second-order valence-corrected chi connectivity index (χ2v) is 7.05. The van der Waals surface area contributed by atoms with Crippen molar-refractivity contribution in [2.45, 2.75) is 39.1 Å². The highest BCUT2D eigenvalue weighted by atomic mass is 32.2. The van der Waals surface area contributed by atoms with Crippen LogP contribution in [-0.4, -0.2) is 24.0 Å². The predicted octanol–water partition coefficient (Wildman–Crippen LogP) is 6.85. The molecule has 0 aliphatic heterocycles. The molecule has 1 aromatic heterocycles. The molecule has 3 aromatic rings. The molecule has 0 aliphatic carbocycles. The van der Waals surface area contributed by atoms with Gasteiger partial charge in [-0.05, 0) is 73.6 Å². The van der Waals surface area contributed by atoms with Gasteiger partial charge in [0, 0.05) is 11.4 Å². The maximum absolute atomic E-state index is 8.88. The molecule has 0 fully saturated rings. The number of anilines is 1. The van der Waals surface area contributed by atoms with Crippen LogP contribution >= 0.6 is 11.9 Å². The molecule has 5 heteroatoms. The minimum absolute atomic E-state index is 0.675. The molecule has 1 N–H and O–H groups in total. The molecular weight excluding hydrogens is 388 g/mol. The summed E-state index contributed by atoms with van der Waals surface area (Å²) in [6, 6.07) is 24.1. The summed E-state index contributed by atoms with van der Waals surface area (Å²) in [7, 11) is 4.07. The van der Waals surface area contributed by atoms with Crippen LogP contribution in [0.3, 0.4) is 0 Å². The van der Waals surface area contributed by atoms with Gasteiger partial charge >= 0.3 is 0 Å². The van der Waals surface area contributed by atoms with Crippen molar-refractivity contribution in [1.29, 1.82) is 5.26 Å². The van der Waals surface area contributed by atoms with Crippen LogP contribution in [0.25, 0.3) is 11.1 Å². The van der Waals surface area contributed by atoms with Gasteiger partial charge in [-0.2, -0.15) is 5.26 Å². The van der Waals surface area contributed by atoms with E-state index < -0.39 is 0 Å². The first-order valence-electron chi connectivity index (χ1n) is 10.3. The number of hydrogen-bond acceptors (Lipinski definition) is 5.